The van der Waals surface area contributed by atoms with Crippen molar-refractivity contribution in [2.75, 3.05) is 47.5 Å². The molecule has 9 nitrogen and oxygen atoms in total. The zero-order valence-corrected chi connectivity index (χ0v) is 65.8. The van der Waals surface area contributed by atoms with Crippen molar-refractivity contribution in [3.63, 3.8) is 0 Å². The topological polar surface area (TPSA) is 111 Å². The SMILES string of the molecule is CC/C=C\C/C=C\C/C=C\C/C=C\C/C=C\C/C=C\C/C=C\C/C=C\C/C=C\C/C=C\CCCCCCCCC(=O)OC(COC(=O)CCCCCCCCCCCCCCC/C=C\C/C=C\C/C=C\C/C=C\C/C=C\C/C=C\C/C=C\C/C=C\C/C=C\CC)COC(OCC[N+](C)(C)C)C(=O)[O-]. The average Bonchev–Trinajstić information content (AvgIpc) is 1.16. The molecule has 0 rings (SSSR count). The molecule has 2 unspecified atom stereocenters. The number of hydrogen-bond donors (Lipinski definition) is 0. The van der Waals surface area contributed by atoms with E-state index >= 15 is 0 Å². The molecule has 0 amide bonds. The molecule has 2 atom stereocenters. The predicted molar refractivity (Wildman–Crippen MR) is 443 cm³/mol. The monoisotopic (exact) mass is 1420 g/mol. The highest BCUT2D eigenvalue weighted by atomic mass is 16.7. The molecular weight excluding hydrogens is 1270 g/mol. The lowest BCUT2D eigenvalue weighted by Crippen LogP contribution is -2.44. The molecule has 0 aromatic rings. The number of unbranched alkanes of at least 4 members (excludes halogenated alkanes) is 19. The Morgan fingerprint density at radius 3 is 0.777 bits per heavy atom. The summed E-state index contributed by atoms with van der Waals surface area (Å²) in [6.07, 6.45) is 126. The van der Waals surface area contributed by atoms with Crippen molar-refractivity contribution in [1.29, 1.82) is 0 Å². The van der Waals surface area contributed by atoms with Crippen LogP contribution in [0.4, 0.5) is 0 Å². The van der Waals surface area contributed by atoms with Crippen LogP contribution in [0.1, 0.15) is 284 Å². The average molecular weight is 1420 g/mol. The van der Waals surface area contributed by atoms with Crippen molar-refractivity contribution >= 4 is 17.9 Å². The lowest BCUT2D eigenvalue weighted by molar-refractivity contribution is -0.870. The quantitative estimate of drug-likeness (QED) is 0.0195. The summed E-state index contributed by atoms with van der Waals surface area (Å²) in [5.41, 5.74) is 0. The van der Waals surface area contributed by atoms with Crippen LogP contribution in [0.3, 0.4) is 0 Å². The van der Waals surface area contributed by atoms with E-state index in [2.05, 4.69) is 245 Å². The van der Waals surface area contributed by atoms with Crippen molar-refractivity contribution in [3.8, 4) is 0 Å². The highest BCUT2D eigenvalue weighted by Crippen LogP contribution is 2.16. The number of carboxylic acids is 1. The minimum atomic E-state index is -1.64. The first-order chi connectivity index (χ1) is 50.6. The smallest absolute Gasteiger partial charge is 0.306 e. The summed E-state index contributed by atoms with van der Waals surface area (Å²) < 4.78 is 22.8. The third kappa shape index (κ3) is 82.5. The van der Waals surface area contributed by atoms with Gasteiger partial charge in [-0.05, 0) is 161 Å². The van der Waals surface area contributed by atoms with E-state index < -0.39 is 24.3 Å². The Balaban J connectivity index is 4.16. The summed E-state index contributed by atoms with van der Waals surface area (Å²) in [7, 11) is 5.92. The first-order valence-corrected chi connectivity index (χ1v) is 40.5. The largest absolute Gasteiger partial charge is 0.545 e. The van der Waals surface area contributed by atoms with Crippen LogP contribution >= 0.6 is 0 Å². The Labute approximate surface area is 631 Å². The Bertz CT molecular complexity index is 2560. The Kier molecular flexibility index (Phi) is 75.8. The maximum atomic E-state index is 13.0. The number of carbonyl (C=O) groups is 3. The van der Waals surface area contributed by atoms with E-state index in [0.717, 1.165) is 186 Å². The van der Waals surface area contributed by atoms with Crippen LogP contribution in [-0.4, -0.2) is 82.3 Å². The van der Waals surface area contributed by atoms with Crippen molar-refractivity contribution in [1.82, 2.24) is 0 Å². The fraction of sp³-hybridized carbons (Fsp3) is 0.564. The van der Waals surface area contributed by atoms with Gasteiger partial charge in [0.1, 0.15) is 13.2 Å². The minimum Gasteiger partial charge on any atom is -0.545 e. The number of nitrogens with zero attached hydrogens (tertiary/aromatic N) is 1. The third-order valence-corrected chi connectivity index (χ3v) is 16.4. The molecular formula is C94H147NO8. The van der Waals surface area contributed by atoms with Gasteiger partial charge in [-0.1, -0.05) is 341 Å². The number of rotatable bonds is 72. The van der Waals surface area contributed by atoms with Gasteiger partial charge in [0, 0.05) is 12.8 Å². The molecule has 0 aromatic heterocycles. The second-order valence-electron chi connectivity index (χ2n) is 27.2. The van der Waals surface area contributed by atoms with Crippen LogP contribution < -0.4 is 5.11 Å². The highest BCUT2D eigenvalue weighted by molar-refractivity contribution is 5.70. The number of quaternary nitrogens is 1. The summed E-state index contributed by atoms with van der Waals surface area (Å²) >= 11 is 0. The first-order valence-electron chi connectivity index (χ1n) is 40.5. The maximum absolute atomic E-state index is 13.0. The standard InChI is InChI=1S/C94H147NO8/c1-6-8-10-12-14-16-18-20-22-24-26-28-30-32-34-36-38-40-42-44-45-46-47-49-50-52-54-56-58-60-62-64-66-68-70-72-74-76-78-80-82-84-91(96)101-88-90(89-102-94(93(98)99)100-87-86-95(3,4)5)103-92(97)85-83-81-79-77-75-73-71-69-67-65-63-61-59-57-55-53-51-48-43-41-39-37-35-33-31-29-27-25-23-21-19-17-15-13-11-9-7-2/h8-11,14-17,20-23,26-29,32-35,38-41,44-45,47-49,51-52,54-55,57,61,63,67,69,90,94H,6-7,12-13,18-19,24-25,30-31,36-37,42-43,46,50,53,56,58-60,62,64-66,68,70-89H2,1-5H3/b10-8-,11-9-,16-14-,17-15-,22-20-,23-21-,28-26-,29-27-,34-32-,35-33-,40-38-,41-39-,45-44-,49-47-,51-48-,54-52-,57-55-,63-61-,69-67-. The van der Waals surface area contributed by atoms with Gasteiger partial charge in [0.2, 0.25) is 0 Å². The zero-order valence-electron chi connectivity index (χ0n) is 65.8. The van der Waals surface area contributed by atoms with Crippen LogP contribution in [0.5, 0.6) is 0 Å². The Hall–Kier alpha value is -6.65. The first kappa shape index (κ1) is 96.4. The van der Waals surface area contributed by atoms with Crippen molar-refractivity contribution < 1.29 is 42.9 Å². The van der Waals surface area contributed by atoms with Crippen LogP contribution in [0, 0.1) is 0 Å². The number of allylic oxidation sites excluding steroid dienone is 38. The van der Waals surface area contributed by atoms with Crippen LogP contribution in [0.2, 0.25) is 0 Å². The predicted octanol–water partition coefficient (Wildman–Crippen LogP) is 25.2. The molecule has 0 N–H and O–H groups in total. The van der Waals surface area contributed by atoms with Gasteiger partial charge in [0.05, 0.1) is 40.3 Å². The van der Waals surface area contributed by atoms with Gasteiger partial charge in [0.15, 0.2) is 12.4 Å². The highest BCUT2D eigenvalue weighted by Gasteiger charge is 2.22. The molecule has 0 spiro atoms. The van der Waals surface area contributed by atoms with E-state index in [4.69, 9.17) is 18.9 Å². The molecule has 576 valence electrons. The Morgan fingerprint density at radius 2 is 0.524 bits per heavy atom. The van der Waals surface area contributed by atoms with E-state index in [-0.39, 0.29) is 38.6 Å². The summed E-state index contributed by atoms with van der Waals surface area (Å²) in [5.74, 6) is -2.32. The van der Waals surface area contributed by atoms with Gasteiger partial charge in [-0.25, -0.2) is 0 Å². The van der Waals surface area contributed by atoms with E-state index in [1.54, 1.807) is 0 Å². The van der Waals surface area contributed by atoms with Gasteiger partial charge >= 0.3 is 11.9 Å². The van der Waals surface area contributed by atoms with Crippen molar-refractivity contribution in [3.05, 3.63) is 231 Å². The summed E-state index contributed by atoms with van der Waals surface area (Å²) in [6, 6.07) is 0. The summed E-state index contributed by atoms with van der Waals surface area (Å²) in [5, 5.41) is 11.9. The summed E-state index contributed by atoms with van der Waals surface area (Å²) in [6.45, 7) is 4.48. The molecule has 0 bridgehead atoms. The molecule has 0 aliphatic rings. The maximum Gasteiger partial charge on any atom is 0.306 e. The van der Waals surface area contributed by atoms with E-state index in [1.165, 1.54) is 64.2 Å². The molecule has 0 aromatic carbocycles. The Morgan fingerprint density at radius 1 is 0.291 bits per heavy atom. The minimum absolute atomic E-state index is 0.133. The third-order valence-electron chi connectivity index (χ3n) is 16.4. The number of likely N-dealkylation sites (N-methyl/N-ethyl adjacent to an activating group) is 1. The van der Waals surface area contributed by atoms with E-state index in [9.17, 15) is 19.5 Å². The number of ether oxygens (including phenoxy) is 4. The van der Waals surface area contributed by atoms with Gasteiger partial charge in [-0.2, -0.15) is 0 Å². The fourth-order valence-corrected chi connectivity index (χ4v) is 10.3. The number of aliphatic carboxylic acids is 1. The molecule has 0 heterocycles. The lowest BCUT2D eigenvalue weighted by Gasteiger charge is -2.26. The van der Waals surface area contributed by atoms with Crippen LogP contribution in [0.25, 0.3) is 0 Å². The van der Waals surface area contributed by atoms with Crippen LogP contribution in [0.15, 0.2) is 231 Å². The van der Waals surface area contributed by atoms with Gasteiger partial charge < -0.3 is 33.3 Å². The lowest BCUT2D eigenvalue weighted by atomic mass is 10.0. The summed E-state index contributed by atoms with van der Waals surface area (Å²) in [4.78, 5) is 37.6. The number of carbonyl (C=O) groups excluding carboxylic acids is 3. The van der Waals surface area contributed by atoms with Crippen LogP contribution in [-0.2, 0) is 33.3 Å². The molecule has 9 heteroatoms. The number of esters is 2. The van der Waals surface area contributed by atoms with Crippen molar-refractivity contribution in [2.45, 2.75) is 296 Å². The van der Waals surface area contributed by atoms with Gasteiger partial charge in [-0.3, -0.25) is 9.59 Å². The molecule has 0 fully saturated rings. The second kappa shape index (κ2) is 81.0. The molecule has 0 aliphatic heterocycles. The zero-order chi connectivity index (χ0) is 74.6. The van der Waals surface area contributed by atoms with Crippen molar-refractivity contribution in [2.24, 2.45) is 0 Å². The number of carboxylic acid groups (broad SMARTS) is 1. The molecule has 0 radical (unpaired) electrons. The molecule has 0 saturated heterocycles. The number of hydrogen-bond acceptors (Lipinski definition) is 8. The van der Waals surface area contributed by atoms with E-state index in [0.29, 0.717) is 17.4 Å². The van der Waals surface area contributed by atoms with E-state index in [1.807, 2.05) is 21.1 Å². The second-order valence-corrected chi connectivity index (χ2v) is 27.2. The molecule has 103 heavy (non-hydrogen) atoms. The fourth-order valence-electron chi connectivity index (χ4n) is 10.3. The molecule has 0 saturated carbocycles. The normalized spacial score (nSPS) is 13.9. The van der Waals surface area contributed by atoms with Gasteiger partial charge in [-0.15, -0.1) is 0 Å². The van der Waals surface area contributed by atoms with Gasteiger partial charge in [0.25, 0.3) is 0 Å². The molecule has 0 aliphatic carbocycles.